The van der Waals surface area contributed by atoms with Crippen LogP contribution >= 0.6 is 0 Å². The largest absolute Gasteiger partial charge is 0.466 e. The minimum atomic E-state index is -4.17. The number of aryl methyl sites for hydroxylation is 2. The lowest BCUT2D eigenvalue weighted by molar-refractivity contribution is -0.135. The van der Waals surface area contributed by atoms with Crippen LogP contribution in [0.2, 0.25) is 0 Å². The number of methoxy groups -OCH3 is 1. The van der Waals surface area contributed by atoms with E-state index in [1.54, 1.807) is 24.3 Å². The molecule has 2 aromatic carbocycles. The third-order valence-corrected chi connectivity index (χ3v) is 6.99. The van der Waals surface area contributed by atoms with Gasteiger partial charge in [0.25, 0.3) is 0 Å². The van der Waals surface area contributed by atoms with E-state index in [0.29, 0.717) is 0 Å². The molecule has 0 saturated carbocycles. The molecule has 0 radical (unpaired) electrons. The van der Waals surface area contributed by atoms with Crippen molar-refractivity contribution < 1.29 is 34.7 Å². The number of carbonyl (C=O) groups excluding carboxylic acids is 1. The zero-order valence-electron chi connectivity index (χ0n) is 18.8. The molecule has 178 valence electrons. The average molecular weight is 495 g/mol. The lowest BCUT2D eigenvalue weighted by atomic mass is 10.2. The molecule has 33 heavy (non-hydrogen) atoms. The van der Waals surface area contributed by atoms with E-state index in [4.69, 9.17) is 8.37 Å². The molecule has 2 aromatic rings. The van der Waals surface area contributed by atoms with Crippen LogP contribution in [0.5, 0.6) is 0 Å². The van der Waals surface area contributed by atoms with Gasteiger partial charge in [-0.2, -0.15) is 16.8 Å². The predicted molar refractivity (Wildman–Crippen MR) is 122 cm³/mol. The fourth-order valence-electron chi connectivity index (χ4n) is 2.60. The average Bonchev–Trinajstić information content (AvgIpc) is 2.73. The maximum atomic E-state index is 12.6. The van der Waals surface area contributed by atoms with Gasteiger partial charge in [0.05, 0.1) is 13.2 Å². The quantitative estimate of drug-likeness (QED) is 0.209. The summed E-state index contributed by atoms with van der Waals surface area (Å²) in [5.41, 5.74) is 1.78. The first kappa shape index (κ1) is 26.1. The molecule has 10 heteroatoms. The summed E-state index contributed by atoms with van der Waals surface area (Å²) in [5, 5.41) is 0. The fourth-order valence-corrected chi connectivity index (χ4v) is 4.56. The van der Waals surface area contributed by atoms with Crippen molar-refractivity contribution >= 4 is 26.2 Å². The minimum absolute atomic E-state index is 0.0136. The molecule has 8 nitrogen and oxygen atoms in total. The first-order chi connectivity index (χ1) is 15.4. The van der Waals surface area contributed by atoms with Gasteiger partial charge in [0.15, 0.2) is 0 Å². The highest BCUT2D eigenvalue weighted by Crippen LogP contribution is 2.21. The fraction of sp³-hybridized carbons (Fsp3) is 0.261. The molecule has 0 spiro atoms. The molecule has 0 unspecified atom stereocenters. The summed E-state index contributed by atoms with van der Waals surface area (Å²) >= 11 is 0. The highest BCUT2D eigenvalue weighted by Gasteiger charge is 2.19. The van der Waals surface area contributed by atoms with Crippen LogP contribution in [-0.2, 0) is 38.1 Å². The first-order valence-corrected chi connectivity index (χ1v) is 12.7. The summed E-state index contributed by atoms with van der Waals surface area (Å²) in [6, 6.07) is 12.2. The summed E-state index contributed by atoms with van der Waals surface area (Å²) < 4.78 is 64.6. The van der Waals surface area contributed by atoms with Crippen molar-refractivity contribution in [2.24, 2.45) is 0 Å². The van der Waals surface area contributed by atoms with Crippen molar-refractivity contribution in [2.45, 2.75) is 43.4 Å². The molecule has 0 amide bonds. The lowest BCUT2D eigenvalue weighted by Gasteiger charge is -2.11. The second kappa shape index (κ2) is 11.2. The number of carbonyl (C=O) groups is 1. The summed E-state index contributed by atoms with van der Waals surface area (Å²) in [5.74, 6) is -0.856. The van der Waals surface area contributed by atoms with E-state index in [0.717, 1.165) is 24.3 Å². The molecule has 0 N–H and O–H groups in total. The molecule has 0 aliphatic heterocycles. The SMILES string of the molecule is COC(=O)/C=C(/CC/C=C(\C)OS(=O)(=O)c1ccc(C)cc1)OS(=O)(=O)c1ccc(C)cc1. The van der Waals surface area contributed by atoms with E-state index in [1.807, 2.05) is 13.8 Å². The molecule has 0 aliphatic carbocycles. The monoisotopic (exact) mass is 494 g/mol. The molecule has 0 heterocycles. The topological polar surface area (TPSA) is 113 Å². The van der Waals surface area contributed by atoms with Gasteiger partial charge in [0.2, 0.25) is 0 Å². The van der Waals surface area contributed by atoms with Gasteiger partial charge in [0.1, 0.15) is 21.3 Å². The zero-order chi connectivity index (χ0) is 24.6. The molecule has 2 rings (SSSR count). The van der Waals surface area contributed by atoms with Crippen LogP contribution in [0.1, 0.15) is 30.9 Å². The molecule has 0 fully saturated rings. The van der Waals surface area contributed by atoms with E-state index in [-0.39, 0.29) is 34.2 Å². The Morgan fingerprint density at radius 2 is 1.27 bits per heavy atom. The van der Waals surface area contributed by atoms with Crippen LogP contribution in [-0.4, -0.2) is 29.9 Å². The molecular formula is C23H26O8S2. The summed E-state index contributed by atoms with van der Waals surface area (Å²) in [7, 11) is -7.02. The first-order valence-electron chi connectivity index (χ1n) is 9.90. The summed E-state index contributed by atoms with van der Waals surface area (Å²) in [6.45, 7) is 5.11. The van der Waals surface area contributed by atoms with E-state index >= 15 is 0 Å². The zero-order valence-corrected chi connectivity index (χ0v) is 20.4. The summed E-state index contributed by atoms with van der Waals surface area (Å²) in [4.78, 5) is 11.6. The van der Waals surface area contributed by atoms with Crippen LogP contribution < -0.4 is 0 Å². The number of rotatable bonds is 10. The van der Waals surface area contributed by atoms with Crippen molar-refractivity contribution in [3.8, 4) is 0 Å². The van der Waals surface area contributed by atoms with E-state index in [9.17, 15) is 21.6 Å². The van der Waals surface area contributed by atoms with Crippen molar-refractivity contribution in [2.75, 3.05) is 7.11 Å². The van der Waals surface area contributed by atoms with Gasteiger partial charge in [-0.25, -0.2) is 4.79 Å². The second-order valence-corrected chi connectivity index (χ2v) is 10.3. The number of benzene rings is 2. The number of esters is 1. The molecule has 0 atom stereocenters. The van der Waals surface area contributed by atoms with Gasteiger partial charge in [-0.1, -0.05) is 35.4 Å². The Bertz CT molecular complexity index is 1240. The molecule has 0 aliphatic rings. The highest BCUT2D eigenvalue weighted by atomic mass is 32.2. The van der Waals surface area contributed by atoms with Gasteiger partial charge in [-0.05, 0) is 57.5 Å². The lowest BCUT2D eigenvalue weighted by Crippen LogP contribution is -2.09. The maximum Gasteiger partial charge on any atom is 0.338 e. The Balaban J connectivity index is 2.12. The van der Waals surface area contributed by atoms with Crippen LogP contribution in [0.4, 0.5) is 0 Å². The van der Waals surface area contributed by atoms with Gasteiger partial charge >= 0.3 is 26.2 Å². The van der Waals surface area contributed by atoms with E-state index < -0.39 is 26.2 Å². The Kier molecular flexibility index (Phi) is 8.84. The van der Waals surface area contributed by atoms with Gasteiger partial charge in [-0.15, -0.1) is 0 Å². The summed E-state index contributed by atoms with van der Waals surface area (Å²) in [6.07, 6.45) is 2.50. The maximum absolute atomic E-state index is 12.6. The van der Waals surface area contributed by atoms with E-state index in [2.05, 4.69) is 4.74 Å². The Morgan fingerprint density at radius 3 is 1.73 bits per heavy atom. The van der Waals surface area contributed by atoms with Crippen molar-refractivity contribution in [1.82, 2.24) is 0 Å². The number of ether oxygens (including phenoxy) is 1. The Morgan fingerprint density at radius 1 is 0.818 bits per heavy atom. The molecule has 0 saturated heterocycles. The van der Waals surface area contributed by atoms with Crippen LogP contribution in [0.15, 0.2) is 82.0 Å². The number of allylic oxidation sites excluding steroid dienone is 3. The van der Waals surface area contributed by atoms with Gasteiger partial charge < -0.3 is 13.1 Å². The Labute approximate surface area is 194 Å². The highest BCUT2D eigenvalue weighted by molar-refractivity contribution is 7.87. The Hall–Kier alpha value is -3.11. The smallest absolute Gasteiger partial charge is 0.338 e. The van der Waals surface area contributed by atoms with Crippen molar-refractivity contribution in [3.05, 3.63) is 83.3 Å². The number of hydrogen-bond acceptors (Lipinski definition) is 8. The molecule has 0 aromatic heterocycles. The predicted octanol–water partition coefficient (Wildman–Crippen LogP) is 4.16. The van der Waals surface area contributed by atoms with Gasteiger partial charge in [0, 0.05) is 6.42 Å². The van der Waals surface area contributed by atoms with Crippen LogP contribution in [0, 0.1) is 13.8 Å². The standard InChI is InChI=1S/C23H26O8S2/c1-17-8-12-21(13-9-17)32(25,26)30-19(3)6-5-7-20(16-23(24)29-4)31-33(27,28)22-14-10-18(2)11-15-22/h6,8-16H,5,7H2,1-4H3/b19-6+,20-16-. The van der Waals surface area contributed by atoms with Crippen LogP contribution in [0.3, 0.4) is 0 Å². The van der Waals surface area contributed by atoms with Gasteiger partial charge in [-0.3, -0.25) is 0 Å². The molecular weight excluding hydrogens is 468 g/mol. The normalized spacial score (nSPS) is 12.8. The van der Waals surface area contributed by atoms with Crippen molar-refractivity contribution in [3.63, 3.8) is 0 Å². The van der Waals surface area contributed by atoms with E-state index in [1.165, 1.54) is 37.3 Å². The minimum Gasteiger partial charge on any atom is -0.466 e. The third-order valence-electron chi connectivity index (χ3n) is 4.38. The molecule has 0 bridgehead atoms. The number of hydrogen-bond donors (Lipinski definition) is 0. The second-order valence-electron chi connectivity index (χ2n) is 7.19. The third kappa shape index (κ3) is 8.07. The van der Waals surface area contributed by atoms with Crippen LogP contribution in [0.25, 0.3) is 0 Å². The van der Waals surface area contributed by atoms with Crippen molar-refractivity contribution in [1.29, 1.82) is 0 Å².